The number of rotatable bonds is 3. The third-order valence-electron chi connectivity index (χ3n) is 3.56. The highest BCUT2D eigenvalue weighted by molar-refractivity contribution is 7.99. The predicted octanol–water partition coefficient (Wildman–Crippen LogP) is 2.27. The molecule has 0 spiro atoms. The van der Waals surface area contributed by atoms with Crippen LogP contribution in [0.4, 0.5) is 5.82 Å². The quantitative estimate of drug-likeness (QED) is 0.935. The fourth-order valence-corrected chi connectivity index (χ4v) is 3.69. The molecule has 1 saturated heterocycles. The van der Waals surface area contributed by atoms with Gasteiger partial charge in [0.1, 0.15) is 5.82 Å². The third kappa shape index (κ3) is 2.31. The van der Waals surface area contributed by atoms with Crippen molar-refractivity contribution in [2.24, 2.45) is 0 Å². The van der Waals surface area contributed by atoms with Gasteiger partial charge >= 0.3 is 5.97 Å². The highest BCUT2D eigenvalue weighted by Crippen LogP contribution is 2.29. The summed E-state index contributed by atoms with van der Waals surface area (Å²) in [6.07, 6.45) is 1.10. The predicted molar refractivity (Wildman–Crippen MR) is 80.6 cm³/mol. The molecular weight excluding hydrogens is 274 g/mol. The molecule has 0 aliphatic carbocycles. The van der Waals surface area contributed by atoms with Gasteiger partial charge in [-0.15, -0.1) is 0 Å². The fourth-order valence-electron chi connectivity index (χ4n) is 2.42. The first kappa shape index (κ1) is 13.2. The van der Waals surface area contributed by atoms with Crippen molar-refractivity contribution >= 4 is 34.5 Å². The Hall–Kier alpha value is -1.82. The Morgan fingerprint density at radius 1 is 1.40 bits per heavy atom. The van der Waals surface area contributed by atoms with Gasteiger partial charge < -0.3 is 10.0 Å². The molecule has 0 radical (unpaired) electrons. The number of nitrogens with zero attached hydrogens (tertiary/aromatic N) is 3. The van der Waals surface area contributed by atoms with Crippen molar-refractivity contribution in [3.63, 3.8) is 0 Å². The highest BCUT2D eigenvalue weighted by Gasteiger charge is 2.24. The van der Waals surface area contributed by atoms with Crippen LogP contribution in [0.25, 0.3) is 10.9 Å². The average molecular weight is 289 g/mol. The molecule has 6 heteroatoms. The summed E-state index contributed by atoms with van der Waals surface area (Å²) in [4.78, 5) is 21.6. The number of hydrogen-bond donors (Lipinski definition) is 1. The molecule has 104 valence electrons. The number of carboxylic acids is 1. The van der Waals surface area contributed by atoms with Crippen molar-refractivity contribution in [3.8, 4) is 0 Å². The van der Waals surface area contributed by atoms with E-state index in [0.29, 0.717) is 17.4 Å². The molecule has 1 atom stereocenters. The van der Waals surface area contributed by atoms with Crippen LogP contribution in [0.3, 0.4) is 0 Å². The monoisotopic (exact) mass is 289 g/mol. The van der Waals surface area contributed by atoms with Crippen LogP contribution in [0.15, 0.2) is 24.3 Å². The van der Waals surface area contributed by atoms with Crippen molar-refractivity contribution in [2.75, 3.05) is 23.5 Å². The zero-order valence-electron chi connectivity index (χ0n) is 11.1. The van der Waals surface area contributed by atoms with Gasteiger partial charge in [0.15, 0.2) is 0 Å². The van der Waals surface area contributed by atoms with E-state index >= 15 is 0 Å². The lowest BCUT2D eigenvalue weighted by molar-refractivity contribution is 0.0684. The van der Waals surface area contributed by atoms with Gasteiger partial charge in [0, 0.05) is 24.2 Å². The number of anilines is 1. The first-order valence-electron chi connectivity index (χ1n) is 6.47. The maximum absolute atomic E-state index is 11.2. The lowest BCUT2D eigenvalue weighted by Crippen LogP contribution is -2.32. The normalized spacial score (nSPS) is 18.4. The second kappa shape index (κ2) is 5.28. The Labute approximate surface area is 121 Å². The number of hydrogen-bond acceptors (Lipinski definition) is 5. The number of aromatic nitrogens is 2. The molecule has 1 aliphatic rings. The van der Waals surface area contributed by atoms with Crippen LogP contribution >= 0.6 is 11.8 Å². The molecule has 1 aromatic heterocycles. The molecule has 1 unspecified atom stereocenters. The molecule has 1 aromatic carbocycles. The maximum Gasteiger partial charge on any atom is 0.374 e. The third-order valence-corrected chi connectivity index (χ3v) is 4.71. The van der Waals surface area contributed by atoms with Crippen molar-refractivity contribution in [1.82, 2.24) is 9.97 Å². The van der Waals surface area contributed by atoms with Gasteiger partial charge in [-0.05, 0) is 24.3 Å². The number of para-hydroxylation sites is 1. The fraction of sp³-hybridized carbons (Fsp3) is 0.357. The van der Waals surface area contributed by atoms with Gasteiger partial charge in [0.25, 0.3) is 0 Å². The van der Waals surface area contributed by atoms with Gasteiger partial charge in [-0.3, -0.25) is 0 Å². The zero-order chi connectivity index (χ0) is 14.1. The minimum atomic E-state index is -1.09. The van der Waals surface area contributed by atoms with Crippen molar-refractivity contribution in [1.29, 1.82) is 0 Å². The number of carboxylic acid groups (broad SMARTS) is 1. The molecule has 5 nitrogen and oxygen atoms in total. The van der Waals surface area contributed by atoms with Gasteiger partial charge in [0.2, 0.25) is 5.82 Å². The molecule has 2 aromatic rings. The minimum Gasteiger partial charge on any atom is -0.475 e. The number of fused-ring (bicyclic) bond motifs is 1. The molecule has 1 fully saturated rings. The molecule has 1 aliphatic heterocycles. The average Bonchev–Trinajstić information content (AvgIpc) is 2.99. The smallest absolute Gasteiger partial charge is 0.374 e. The Balaban J connectivity index is 2.13. The van der Waals surface area contributed by atoms with Crippen molar-refractivity contribution < 1.29 is 9.90 Å². The van der Waals surface area contributed by atoms with Gasteiger partial charge in [0.05, 0.1) is 5.52 Å². The second-order valence-electron chi connectivity index (χ2n) is 4.82. The van der Waals surface area contributed by atoms with E-state index in [1.807, 2.05) is 43.1 Å². The number of aromatic carboxylic acids is 1. The van der Waals surface area contributed by atoms with Gasteiger partial charge in [-0.1, -0.05) is 12.1 Å². The van der Waals surface area contributed by atoms with Crippen molar-refractivity contribution in [3.05, 3.63) is 30.1 Å². The highest BCUT2D eigenvalue weighted by atomic mass is 32.2. The first-order valence-corrected chi connectivity index (χ1v) is 7.63. The zero-order valence-corrected chi connectivity index (χ0v) is 11.9. The van der Waals surface area contributed by atoms with Crippen LogP contribution in [-0.2, 0) is 0 Å². The summed E-state index contributed by atoms with van der Waals surface area (Å²) in [6.45, 7) is 0. The van der Waals surface area contributed by atoms with Crippen LogP contribution in [0, 0.1) is 0 Å². The first-order chi connectivity index (χ1) is 9.66. The number of benzene rings is 1. The van der Waals surface area contributed by atoms with Crippen molar-refractivity contribution in [2.45, 2.75) is 12.5 Å². The molecule has 3 rings (SSSR count). The summed E-state index contributed by atoms with van der Waals surface area (Å²) < 4.78 is 0. The number of thioether (sulfide) groups is 1. The van der Waals surface area contributed by atoms with E-state index in [1.165, 1.54) is 0 Å². The molecule has 0 amide bonds. The molecule has 1 N–H and O–H groups in total. The summed E-state index contributed by atoms with van der Waals surface area (Å²) >= 11 is 1.92. The lowest BCUT2D eigenvalue weighted by atomic mass is 10.2. The largest absolute Gasteiger partial charge is 0.475 e. The van der Waals surface area contributed by atoms with Crippen LogP contribution in [0.2, 0.25) is 0 Å². The summed E-state index contributed by atoms with van der Waals surface area (Å²) in [6, 6.07) is 7.95. The summed E-state index contributed by atoms with van der Waals surface area (Å²) in [7, 11) is 1.98. The standard InChI is InChI=1S/C14H15N3O2S/c1-17(9-6-7-20-8-9)13-10-4-2-3-5-11(10)15-12(16-13)14(18)19/h2-5,9H,6-8H2,1H3,(H,18,19). The van der Waals surface area contributed by atoms with Crippen LogP contribution in [-0.4, -0.2) is 45.6 Å². The maximum atomic E-state index is 11.2. The second-order valence-corrected chi connectivity index (χ2v) is 5.97. The van der Waals surface area contributed by atoms with E-state index in [4.69, 9.17) is 5.11 Å². The number of carbonyl (C=O) groups is 1. The lowest BCUT2D eigenvalue weighted by Gasteiger charge is -2.26. The Bertz CT molecular complexity index is 656. The van der Waals surface area contributed by atoms with Gasteiger partial charge in [-0.2, -0.15) is 11.8 Å². The minimum absolute atomic E-state index is 0.142. The molecule has 20 heavy (non-hydrogen) atoms. The van der Waals surface area contributed by atoms with Crippen LogP contribution < -0.4 is 4.90 Å². The van der Waals surface area contributed by atoms with Crippen LogP contribution in [0.1, 0.15) is 17.0 Å². The molecular formula is C14H15N3O2S. The summed E-state index contributed by atoms with van der Waals surface area (Å²) in [5, 5.41) is 10.1. The van der Waals surface area contributed by atoms with E-state index in [0.717, 1.165) is 23.3 Å². The Morgan fingerprint density at radius 3 is 2.90 bits per heavy atom. The van der Waals surface area contributed by atoms with E-state index in [1.54, 1.807) is 0 Å². The molecule has 0 saturated carbocycles. The van der Waals surface area contributed by atoms with E-state index < -0.39 is 5.97 Å². The van der Waals surface area contributed by atoms with Crippen LogP contribution in [0.5, 0.6) is 0 Å². The molecule has 2 heterocycles. The Kier molecular flexibility index (Phi) is 3.48. The summed E-state index contributed by atoms with van der Waals surface area (Å²) in [5.74, 6) is 1.67. The summed E-state index contributed by atoms with van der Waals surface area (Å²) in [5.41, 5.74) is 0.674. The topological polar surface area (TPSA) is 66.3 Å². The van der Waals surface area contributed by atoms with E-state index in [-0.39, 0.29) is 5.82 Å². The Morgan fingerprint density at radius 2 is 2.20 bits per heavy atom. The van der Waals surface area contributed by atoms with E-state index in [9.17, 15) is 4.79 Å². The SMILES string of the molecule is CN(c1nc(C(=O)O)nc2ccccc12)C1CCSC1. The van der Waals surface area contributed by atoms with Gasteiger partial charge in [-0.25, -0.2) is 14.8 Å². The van der Waals surface area contributed by atoms with E-state index in [2.05, 4.69) is 14.9 Å². The molecule has 0 bridgehead atoms.